The molecule has 0 bridgehead atoms. The third-order valence-electron chi connectivity index (χ3n) is 2.57. The second-order valence-electron chi connectivity index (χ2n) is 3.94. The molecule has 2 heterocycles. The zero-order chi connectivity index (χ0) is 13.0. The molecule has 0 saturated heterocycles. The third kappa shape index (κ3) is 3.36. The first-order chi connectivity index (χ1) is 8.66. The number of H-pyrrole nitrogens is 1. The van der Waals surface area contributed by atoms with Gasteiger partial charge in [0.1, 0.15) is 0 Å². The Labute approximate surface area is 114 Å². The molecule has 18 heavy (non-hydrogen) atoms. The maximum absolute atomic E-state index is 11.7. The fraction of sp³-hybridized carbons (Fsp3) is 0.333. The summed E-state index contributed by atoms with van der Waals surface area (Å²) < 4.78 is 0. The molecule has 0 spiro atoms. The molecule has 96 valence electrons. The largest absolute Gasteiger partial charge is 0.308 e. The number of rotatable bonds is 5. The zero-order valence-corrected chi connectivity index (χ0v) is 12.0. The normalized spacial score (nSPS) is 10.6. The minimum Gasteiger partial charge on any atom is -0.308 e. The number of anilines is 1. The van der Waals surface area contributed by atoms with Crippen molar-refractivity contribution in [2.45, 2.75) is 19.6 Å². The highest BCUT2D eigenvalue weighted by Gasteiger charge is 2.09. The first kappa shape index (κ1) is 13.2. The molecule has 0 aliphatic heterocycles. The van der Waals surface area contributed by atoms with Gasteiger partial charge in [0.05, 0.1) is 5.75 Å². The molecule has 0 unspecified atom stereocenters. The number of carbonyl (C=O) groups excluding carboxylic acids is 1. The zero-order valence-electron chi connectivity index (χ0n) is 10.3. The second-order valence-corrected chi connectivity index (χ2v) is 5.96. The van der Waals surface area contributed by atoms with Crippen LogP contribution in [0.4, 0.5) is 5.82 Å². The summed E-state index contributed by atoms with van der Waals surface area (Å²) >= 11 is 3.33. The maximum Gasteiger partial charge on any atom is 0.235 e. The molecule has 0 atom stereocenters. The van der Waals surface area contributed by atoms with Crippen LogP contribution in [-0.2, 0) is 10.5 Å². The maximum atomic E-state index is 11.7. The summed E-state index contributed by atoms with van der Waals surface area (Å²) in [5.74, 6) is 1.95. The lowest BCUT2D eigenvalue weighted by Crippen LogP contribution is -2.15. The highest BCUT2D eigenvalue weighted by Crippen LogP contribution is 2.18. The summed E-state index contributed by atoms with van der Waals surface area (Å²) in [5.41, 5.74) is 1.98. The molecule has 0 radical (unpaired) electrons. The number of hydrogen-bond acceptors (Lipinski definition) is 4. The molecule has 0 aliphatic carbocycles. The van der Waals surface area contributed by atoms with Crippen LogP contribution in [0, 0.1) is 13.8 Å². The fourth-order valence-corrected chi connectivity index (χ4v) is 3.08. The van der Waals surface area contributed by atoms with E-state index in [2.05, 4.69) is 21.6 Å². The van der Waals surface area contributed by atoms with Gasteiger partial charge in [-0.1, -0.05) is 6.07 Å². The molecule has 2 aromatic heterocycles. The number of nitrogens with one attached hydrogen (secondary N) is 2. The van der Waals surface area contributed by atoms with Crippen LogP contribution in [0.1, 0.15) is 16.1 Å². The molecule has 6 heteroatoms. The summed E-state index contributed by atoms with van der Waals surface area (Å²) in [5, 5.41) is 11.8. The number of nitrogens with zero attached hydrogens (tertiary/aromatic N) is 1. The first-order valence-electron chi connectivity index (χ1n) is 5.58. The van der Waals surface area contributed by atoms with E-state index in [-0.39, 0.29) is 5.91 Å². The lowest BCUT2D eigenvalue weighted by atomic mass is 10.3. The number of aryl methyl sites for hydroxylation is 1. The second kappa shape index (κ2) is 6.06. The van der Waals surface area contributed by atoms with Crippen molar-refractivity contribution in [3.63, 3.8) is 0 Å². The van der Waals surface area contributed by atoms with Crippen molar-refractivity contribution in [1.29, 1.82) is 0 Å². The van der Waals surface area contributed by atoms with Gasteiger partial charge in [-0.2, -0.15) is 5.10 Å². The van der Waals surface area contributed by atoms with Crippen LogP contribution in [0.25, 0.3) is 0 Å². The number of hydrogen-bond donors (Lipinski definition) is 2. The number of thioether (sulfide) groups is 1. The Balaban J connectivity index is 1.77. The van der Waals surface area contributed by atoms with Gasteiger partial charge in [-0.3, -0.25) is 9.89 Å². The number of aromatic nitrogens is 2. The van der Waals surface area contributed by atoms with E-state index in [1.165, 1.54) is 4.88 Å². The van der Waals surface area contributed by atoms with E-state index in [1.807, 2.05) is 25.3 Å². The Bertz CT molecular complexity index is 519. The van der Waals surface area contributed by atoms with Gasteiger partial charge in [0.2, 0.25) is 5.91 Å². The number of carbonyl (C=O) groups is 1. The molecule has 2 aromatic rings. The van der Waals surface area contributed by atoms with Gasteiger partial charge in [0, 0.05) is 21.9 Å². The van der Waals surface area contributed by atoms with Gasteiger partial charge in [-0.25, -0.2) is 0 Å². The Morgan fingerprint density at radius 2 is 2.39 bits per heavy atom. The van der Waals surface area contributed by atoms with E-state index in [4.69, 9.17) is 0 Å². The van der Waals surface area contributed by atoms with Crippen LogP contribution in [-0.4, -0.2) is 21.9 Å². The van der Waals surface area contributed by atoms with E-state index >= 15 is 0 Å². The third-order valence-corrected chi connectivity index (χ3v) is 4.61. The Morgan fingerprint density at radius 1 is 1.56 bits per heavy atom. The molecular formula is C12H15N3OS2. The van der Waals surface area contributed by atoms with Crippen molar-refractivity contribution >= 4 is 34.8 Å². The van der Waals surface area contributed by atoms with E-state index in [9.17, 15) is 4.79 Å². The molecule has 0 fully saturated rings. The van der Waals surface area contributed by atoms with Crippen molar-refractivity contribution in [3.8, 4) is 0 Å². The number of amides is 1. The molecule has 0 saturated carbocycles. The van der Waals surface area contributed by atoms with Crippen molar-refractivity contribution in [2.24, 2.45) is 0 Å². The van der Waals surface area contributed by atoms with E-state index < -0.39 is 0 Å². The van der Waals surface area contributed by atoms with Crippen molar-refractivity contribution in [3.05, 3.63) is 33.6 Å². The van der Waals surface area contributed by atoms with Gasteiger partial charge in [-0.15, -0.1) is 23.1 Å². The average molecular weight is 281 g/mol. The summed E-state index contributed by atoms with van der Waals surface area (Å²) in [6.07, 6.45) is 0. The quantitative estimate of drug-likeness (QED) is 0.886. The van der Waals surface area contributed by atoms with Crippen molar-refractivity contribution in [1.82, 2.24) is 10.2 Å². The van der Waals surface area contributed by atoms with Crippen LogP contribution >= 0.6 is 23.1 Å². The highest BCUT2D eigenvalue weighted by atomic mass is 32.2. The minimum absolute atomic E-state index is 0.00819. The monoisotopic (exact) mass is 281 g/mol. The molecule has 2 N–H and O–H groups in total. The summed E-state index contributed by atoms with van der Waals surface area (Å²) in [6.45, 7) is 3.87. The first-order valence-corrected chi connectivity index (χ1v) is 7.62. The molecule has 2 rings (SSSR count). The Hall–Kier alpha value is -1.27. The molecular weight excluding hydrogens is 266 g/mol. The molecule has 1 amide bonds. The Kier molecular flexibility index (Phi) is 4.43. The van der Waals surface area contributed by atoms with Crippen LogP contribution in [0.15, 0.2) is 17.5 Å². The number of aromatic amines is 1. The smallest absolute Gasteiger partial charge is 0.235 e. The van der Waals surface area contributed by atoms with Crippen molar-refractivity contribution in [2.75, 3.05) is 11.1 Å². The Morgan fingerprint density at radius 3 is 3.00 bits per heavy atom. The highest BCUT2D eigenvalue weighted by molar-refractivity contribution is 7.99. The van der Waals surface area contributed by atoms with E-state index in [0.717, 1.165) is 17.0 Å². The predicted octanol–water partition coefficient (Wildman–Crippen LogP) is 2.96. The van der Waals surface area contributed by atoms with E-state index in [1.54, 1.807) is 23.1 Å². The van der Waals surface area contributed by atoms with Gasteiger partial charge in [0.15, 0.2) is 5.82 Å². The fourth-order valence-electron chi connectivity index (χ4n) is 1.41. The lowest BCUT2D eigenvalue weighted by Gasteiger charge is -2.02. The average Bonchev–Trinajstić information content (AvgIpc) is 2.95. The molecule has 0 aliphatic rings. The SMILES string of the molecule is Cc1[nH]nc(NC(=O)CSCc2cccs2)c1C. The number of thiophene rings is 1. The molecule has 4 nitrogen and oxygen atoms in total. The topological polar surface area (TPSA) is 57.8 Å². The van der Waals surface area contributed by atoms with Gasteiger partial charge < -0.3 is 5.32 Å². The summed E-state index contributed by atoms with van der Waals surface area (Å²) in [4.78, 5) is 13.0. The van der Waals surface area contributed by atoms with Gasteiger partial charge in [0.25, 0.3) is 0 Å². The van der Waals surface area contributed by atoms with Gasteiger partial charge >= 0.3 is 0 Å². The van der Waals surface area contributed by atoms with Gasteiger partial charge in [-0.05, 0) is 25.3 Å². The van der Waals surface area contributed by atoms with Crippen molar-refractivity contribution < 1.29 is 4.79 Å². The standard InChI is InChI=1S/C12H15N3OS2/c1-8-9(2)14-15-12(8)13-11(16)7-17-6-10-4-3-5-18-10/h3-5H,6-7H2,1-2H3,(H2,13,14,15,16). The predicted molar refractivity (Wildman–Crippen MR) is 77.2 cm³/mol. The summed E-state index contributed by atoms with van der Waals surface area (Å²) in [6, 6.07) is 4.10. The lowest BCUT2D eigenvalue weighted by molar-refractivity contribution is -0.113. The van der Waals surface area contributed by atoms with Crippen LogP contribution < -0.4 is 5.32 Å². The van der Waals surface area contributed by atoms with E-state index in [0.29, 0.717) is 11.6 Å². The van der Waals surface area contributed by atoms with Crippen LogP contribution in [0.3, 0.4) is 0 Å². The summed E-state index contributed by atoms with van der Waals surface area (Å²) in [7, 11) is 0. The molecule has 0 aromatic carbocycles. The van der Waals surface area contributed by atoms with Crippen LogP contribution in [0.2, 0.25) is 0 Å². The minimum atomic E-state index is -0.00819. The van der Waals surface area contributed by atoms with Crippen LogP contribution in [0.5, 0.6) is 0 Å².